The molecule has 1 fully saturated rings. The number of piperidine rings is 1. The lowest BCUT2D eigenvalue weighted by atomic mass is 9.84. The summed E-state index contributed by atoms with van der Waals surface area (Å²) < 4.78 is 0. The lowest BCUT2D eigenvalue weighted by molar-refractivity contribution is 0.419. The molecular formula is C22H25N5. The van der Waals surface area contributed by atoms with E-state index >= 15 is 0 Å². The van der Waals surface area contributed by atoms with Crippen molar-refractivity contribution in [1.29, 1.82) is 0 Å². The number of H-pyrrole nitrogens is 1. The largest absolute Gasteiger partial charge is 0.371 e. The van der Waals surface area contributed by atoms with Gasteiger partial charge in [0.15, 0.2) is 0 Å². The van der Waals surface area contributed by atoms with Gasteiger partial charge in [0.2, 0.25) is 0 Å². The molecule has 2 aliphatic heterocycles. The van der Waals surface area contributed by atoms with E-state index in [0.29, 0.717) is 0 Å². The molecule has 1 spiro atoms. The second-order valence-corrected chi connectivity index (χ2v) is 7.47. The van der Waals surface area contributed by atoms with Crippen molar-refractivity contribution < 1.29 is 0 Å². The monoisotopic (exact) mass is 359 g/mol. The van der Waals surface area contributed by atoms with Crippen LogP contribution in [0.2, 0.25) is 0 Å². The Balaban J connectivity index is 1.41. The van der Waals surface area contributed by atoms with Crippen LogP contribution < -0.4 is 16.0 Å². The molecule has 0 radical (unpaired) electrons. The summed E-state index contributed by atoms with van der Waals surface area (Å²) >= 11 is 0. The Morgan fingerprint density at radius 1 is 0.926 bits per heavy atom. The molecule has 1 aromatic heterocycles. The third-order valence-electron chi connectivity index (χ3n) is 5.79. The second-order valence-electron chi connectivity index (χ2n) is 7.47. The number of para-hydroxylation sites is 3. The third-order valence-corrected chi connectivity index (χ3v) is 5.79. The molecule has 5 heteroatoms. The standard InChI is InChI=1S/C22H25N5/c1-2-6-18-17(5-1)16(15-25-18)9-12-24-21-22(10-13-23-14-11-22)27-20-8-4-3-7-19(20)26-21/h1-8,15,23,25,27H,9-14H2,(H,24,26). The first-order valence-electron chi connectivity index (χ1n) is 9.79. The maximum Gasteiger partial charge on any atom is 0.127 e. The number of nitrogens with one attached hydrogen (secondary N) is 4. The van der Waals surface area contributed by atoms with Gasteiger partial charge in [-0.2, -0.15) is 0 Å². The molecule has 3 aromatic rings. The summed E-state index contributed by atoms with van der Waals surface area (Å²) in [6.45, 7) is 2.81. The Morgan fingerprint density at radius 3 is 2.59 bits per heavy atom. The van der Waals surface area contributed by atoms with Gasteiger partial charge in [0.05, 0.1) is 16.9 Å². The van der Waals surface area contributed by atoms with E-state index in [4.69, 9.17) is 4.99 Å². The van der Waals surface area contributed by atoms with Gasteiger partial charge in [-0.15, -0.1) is 0 Å². The Morgan fingerprint density at radius 2 is 1.70 bits per heavy atom. The molecule has 0 atom stereocenters. The summed E-state index contributed by atoms with van der Waals surface area (Å²) in [6.07, 6.45) is 5.14. The van der Waals surface area contributed by atoms with E-state index in [0.717, 1.165) is 50.4 Å². The summed E-state index contributed by atoms with van der Waals surface area (Å²) in [6, 6.07) is 16.9. The zero-order chi connectivity index (χ0) is 18.1. The minimum absolute atomic E-state index is 0.0835. The van der Waals surface area contributed by atoms with Crippen molar-refractivity contribution in [2.75, 3.05) is 30.3 Å². The maximum absolute atomic E-state index is 5.04. The number of hydrogen-bond acceptors (Lipinski definition) is 3. The van der Waals surface area contributed by atoms with Crippen LogP contribution in [0.15, 0.2) is 59.7 Å². The van der Waals surface area contributed by atoms with Gasteiger partial charge in [0.25, 0.3) is 0 Å². The number of amidine groups is 1. The van der Waals surface area contributed by atoms with Crippen molar-refractivity contribution in [2.45, 2.75) is 24.8 Å². The molecule has 0 amide bonds. The molecule has 0 aliphatic carbocycles. The number of nitrogens with zero attached hydrogens (tertiary/aromatic N) is 1. The minimum Gasteiger partial charge on any atom is -0.371 e. The number of anilines is 2. The highest BCUT2D eigenvalue weighted by Gasteiger charge is 2.40. The Labute approximate surface area is 159 Å². The van der Waals surface area contributed by atoms with Gasteiger partial charge >= 0.3 is 0 Å². The van der Waals surface area contributed by atoms with Crippen LogP contribution in [-0.2, 0) is 6.42 Å². The maximum atomic E-state index is 5.04. The average molecular weight is 359 g/mol. The molecule has 3 heterocycles. The number of aromatic amines is 1. The quantitative estimate of drug-likeness (QED) is 0.576. The molecule has 2 aromatic carbocycles. The molecule has 138 valence electrons. The smallest absolute Gasteiger partial charge is 0.127 e. The number of benzene rings is 2. The van der Waals surface area contributed by atoms with Crippen molar-refractivity contribution in [3.63, 3.8) is 0 Å². The number of aliphatic imine (C=N–C) groups is 1. The van der Waals surface area contributed by atoms with E-state index in [9.17, 15) is 0 Å². The first kappa shape index (κ1) is 16.4. The molecule has 2 aliphatic rings. The Bertz CT molecular complexity index is 981. The van der Waals surface area contributed by atoms with E-state index < -0.39 is 0 Å². The van der Waals surface area contributed by atoms with Crippen LogP contribution in [0.1, 0.15) is 18.4 Å². The SMILES string of the molecule is c1ccc2c(c1)NC(=NCCc1c[nH]c3ccccc13)C1(CCNCC1)N2. The second kappa shape index (κ2) is 6.74. The molecule has 0 saturated carbocycles. The molecule has 5 rings (SSSR count). The van der Waals surface area contributed by atoms with Crippen molar-refractivity contribution in [3.8, 4) is 0 Å². The number of fused-ring (bicyclic) bond motifs is 2. The minimum atomic E-state index is -0.0835. The van der Waals surface area contributed by atoms with Gasteiger partial charge < -0.3 is 20.9 Å². The Kier molecular flexibility index (Phi) is 4.09. The highest BCUT2D eigenvalue weighted by molar-refractivity contribution is 6.09. The molecule has 4 N–H and O–H groups in total. The van der Waals surface area contributed by atoms with Crippen LogP contribution in [0.5, 0.6) is 0 Å². The molecule has 1 saturated heterocycles. The average Bonchev–Trinajstić information content (AvgIpc) is 3.12. The summed E-state index contributed by atoms with van der Waals surface area (Å²) in [5.74, 6) is 1.09. The fraction of sp³-hybridized carbons (Fsp3) is 0.318. The van der Waals surface area contributed by atoms with E-state index in [1.165, 1.54) is 22.2 Å². The number of aromatic nitrogens is 1. The third kappa shape index (κ3) is 2.98. The molecule has 0 unspecified atom stereocenters. The highest BCUT2D eigenvalue weighted by Crippen LogP contribution is 2.35. The van der Waals surface area contributed by atoms with Crippen molar-refractivity contribution in [3.05, 3.63) is 60.3 Å². The normalized spacial score (nSPS) is 19.6. The summed E-state index contributed by atoms with van der Waals surface area (Å²) in [5.41, 5.74) is 4.74. The Hall–Kier alpha value is -2.79. The number of hydrogen-bond donors (Lipinski definition) is 4. The van der Waals surface area contributed by atoms with Crippen molar-refractivity contribution >= 4 is 28.1 Å². The topological polar surface area (TPSA) is 64.2 Å². The van der Waals surface area contributed by atoms with Crippen LogP contribution in [0.3, 0.4) is 0 Å². The predicted molar refractivity (Wildman–Crippen MR) is 113 cm³/mol. The van der Waals surface area contributed by atoms with E-state index in [1.807, 2.05) is 0 Å². The van der Waals surface area contributed by atoms with Crippen LogP contribution in [0, 0.1) is 0 Å². The lowest BCUT2D eigenvalue weighted by Gasteiger charge is -2.44. The first-order valence-corrected chi connectivity index (χ1v) is 9.79. The first-order chi connectivity index (χ1) is 13.3. The van der Waals surface area contributed by atoms with E-state index in [1.54, 1.807) is 0 Å². The molecule has 5 nitrogen and oxygen atoms in total. The fourth-order valence-electron chi connectivity index (χ4n) is 4.30. The van der Waals surface area contributed by atoms with Crippen molar-refractivity contribution in [2.24, 2.45) is 4.99 Å². The van der Waals surface area contributed by atoms with Crippen LogP contribution in [0.25, 0.3) is 10.9 Å². The van der Waals surface area contributed by atoms with E-state index in [-0.39, 0.29) is 5.54 Å². The van der Waals surface area contributed by atoms with Crippen molar-refractivity contribution in [1.82, 2.24) is 10.3 Å². The van der Waals surface area contributed by atoms with Gasteiger partial charge in [-0.25, -0.2) is 0 Å². The zero-order valence-corrected chi connectivity index (χ0v) is 15.4. The molecule has 0 bridgehead atoms. The fourth-order valence-corrected chi connectivity index (χ4v) is 4.30. The highest BCUT2D eigenvalue weighted by atomic mass is 15.2. The molecule has 27 heavy (non-hydrogen) atoms. The zero-order valence-electron chi connectivity index (χ0n) is 15.4. The predicted octanol–water partition coefficient (Wildman–Crippen LogP) is 3.77. The van der Waals surface area contributed by atoms with Gasteiger partial charge in [-0.05, 0) is 56.1 Å². The van der Waals surface area contributed by atoms with Gasteiger partial charge in [-0.3, -0.25) is 4.99 Å². The molecular weight excluding hydrogens is 334 g/mol. The summed E-state index contributed by atoms with van der Waals surface area (Å²) in [5, 5.41) is 12.2. The van der Waals surface area contributed by atoms with Gasteiger partial charge in [-0.1, -0.05) is 30.3 Å². The lowest BCUT2D eigenvalue weighted by Crippen LogP contribution is -2.57. The number of rotatable bonds is 3. The van der Waals surface area contributed by atoms with Crippen LogP contribution >= 0.6 is 0 Å². The van der Waals surface area contributed by atoms with Gasteiger partial charge in [0.1, 0.15) is 5.84 Å². The summed E-state index contributed by atoms with van der Waals surface area (Å²) in [7, 11) is 0. The van der Waals surface area contributed by atoms with Crippen LogP contribution in [0.4, 0.5) is 11.4 Å². The van der Waals surface area contributed by atoms with Crippen LogP contribution in [-0.4, -0.2) is 36.0 Å². The summed E-state index contributed by atoms with van der Waals surface area (Å²) in [4.78, 5) is 8.40. The van der Waals surface area contributed by atoms with Gasteiger partial charge in [0, 0.05) is 23.6 Å². The van der Waals surface area contributed by atoms with E-state index in [2.05, 4.69) is 75.7 Å².